The number of nitrogens with one attached hydrogen (secondary N) is 3. The third kappa shape index (κ3) is 10.1. The number of carbonyl (C=O) groups excluding carboxylic acids is 5. The van der Waals surface area contributed by atoms with Crippen LogP contribution in [-0.2, 0) is 29.2 Å². The van der Waals surface area contributed by atoms with Crippen LogP contribution in [0.2, 0.25) is 0 Å². The summed E-state index contributed by atoms with van der Waals surface area (Å²) in [7, 11) is -2.04. The van der Waals surface area contributed by atoms with Gasteiger partial charge >= 0.3 is 6.03 Å². The Labute approximate surface area is 262 Å². The summed E-state index contributed by atoms with van der Waals surface area (Å²) >= 11 is 0. The predicted molar refractivity (Wildman–Crippen MR) is 168 cm³/mol. The highest BCUT2D eigenvalue weighted by Gasteiger charge is 2.47. The standard InChI is InChI=1S/C30H54N6O7S/c1-19(2)17-20(23(37)25(31)38)32-26(39)21-13-12-16-36(21)27(40)24(30(6)14-10-9-11-15-30)34-28(41)33-22(29(3,4)5)18-35(7)44(8,42)43/h19-22,24H,9-18H2,1-8H3,(H2,31,38)(H,32,39)(H2,33,34,41). The smallest absolute Gasteiger partial charge is 0.315 e. The predicted octanol–water partition coefficient (Wildman–Crippen LogP) is 1.51. The molecule has 5 amide bonds. The lowest BCUT2D eigenvalue weighted by Gasteiger charge is -2.43. The fourth-order valence-corrected chi connectivity index (χ4v) is 6.47. The van der Waals surface area contributed by atoms with Gasteiger partial charge in [0, 0.05) is 26.2 Å². The second kappa shape index (κ2) is 15.0. The van der Waals surface area contributed by atoms with Crippen molar-refractivity contribution in [3.8, 4) is 0 Å². The monoisotopic (exact) mass is 642 g/mol. The zero-order chi connectivity index (χ0) is 33.6. The van der Waals surface area contributed by atoms with E-state index in [0.717, 1.165) is 25.5 Å². The number of amides is 5. The number of primary amides is 1. The normalized spacial score (nSPS) is 21.0. The van der Waals surface area contributed by atoms with Crippen LogP contribution in [0.15, 0.2) is 0 Å². The first-order chi connectivity index (χ1) is 20.2. The third-order valence-corrected chi connectivity index (χ3v) is 10.3. The van der Waals surface area contributed by atoms with Crippen LogP contribution in [0.1, 0.15) is 92.9 Å². The Morgan fingerprint density at radius 2 is 1.59 bits per heavy atom. The molecule has 252 valence electrons. The van der Waals surface area contributed by atoms with Gasteiger partial charge in [-0.15, -0.1) is 0 Å². The second-order valence-electron chi connectivity index (χ2n) is 14.3. The van der Waals surface area contributed by atoms with Crippen LogP contribution in [0, 0.1) is 16.7 Å². The Morgan fingerprint density at radius 1 is 1.00 bits per heavy atom. The number of sulfonamides is 1. The van der Waals surface area contributed by atoms with Gasteiger partial charge < -0.3 is 26.6 Å². The van der Waals surface area contributed by atoms with E-state index in [0.29, 0.717) is 32.2 Å². The van der Waals surface area contributed by atoms with Crippen LogP contribution >= 0.6 is 0 Å². The van der Waals surface area contributed by atoms with Gasteiger partial charge in [0.25, 0.3) is 5.91 Å². The van der Waals surface area contributed by atoms with Crippen molar-refractivity contribution in [1.82, 2.24) is 25.2 Å². The Hall–Kier alpha value is -2.74. The molecular formula is C30H54N6O7S. The van der Waals surface area contributed by atoms with Crippen molar-refractivity contribution in [1.29, 1.82) is 0 Å². The van der Waals surface area contributed by atoms with Crippen molar-refractivity contribution in [3.63, 3.8) is 0 Å². The topological polar surface area (TPSA) is 188 Å². The number of likely N-dealkylation sites (tertiary alicyclic amines) is 1. The van der Waals surface area contributed by atoms with E-state index in [4.69, 9.17) is 5.73 Å². The van der Waals surface area contributed by atoms with Crippen molar-refractivity contribution in [2.75, 3.05) is 26.4 Å². The first-order valence-corrected chi connectivity index (χ1v) is 17.4. The number of likely N-dealkylation sites (N-methyl/N-ethyl adjacent to an activating group) is 1. The molecule has 14 heteroatoms. The minimum atomic E-state index is -3.49. The van der Waals surface area contributed by atoms with Gasteiger partial charge in [0.05, 0.1) is 12.3 Å². The molecule has 1 aliphatic heterocycles. The van der Waals surface area contributed by atoms with Crippen molar-refractivity contribution in [2.24, 2.45) is 22.5 Å². The molecule has 4 atom stereocenters. The van der Waals surface area contributed by atoms with Crippen LogP contribution in [0.3, 0.4) is 0 Å². The number of rotatable bonds is 13. The maximum absolute atomic E-state index is 14.3. The van der Waals surface area contributed by atoms with Crippen LogP contribution in [-0.4, -0.2) is 97.7 Å². The lowest BCUT2D eigenvalue weighted by atomic mass is 9.70. The summed E-state index contributed by atoms with van der Waals surface area (Å²) in [6.07, 6.45) is 6.47. The molecule has 0 aromatic carbocycles. The van der Waals surface area contributed by atoms with E-state index in [2.05, 4.69) is 16.0 Å². The largest absolute Gasteiger partial charge is 0.363 e. The molecule has 1 saturated carbocycles. The minimum Gasteiger partial charge on any atom is -0.363 e. The molecule has 2 aliphatic rings. The van der Waals surface area contributed by atoms with Crippen molar-refractivity contribution >= 4 is 39.6 Å². The highest BCUT2D eigenvalue weighted by molar-refractivity contribution is 7.88. The SMILES string of the molecule is CC(C)CC(NC(=O)C1CCCN1C(=O)C(NC(=O)NC(CN(C)S(C)(=O)=O)C(C)(C)C)C1(C)CCCCC1)C(=O)C(N)=O. The van der Waals surface area contributed by atoms with Crippen molar-refractivity contribution in [2.45, 2.75) is 117 Å². The maximum Gasteiger partial charge on any atom is 0.315 e. The van der Waals surface area contributed by atoms with Crippen LogP contribution in [0.5, 0.6) is 0 Å². The lowest BCUT2D eigenvalue weighted by molar-refractivity contribution is -0.144. The van der Waals surface area contributed by atoms with Gasteiger partial charge in [0.1, 0.15) is 12.1 Å². The maximum atomic E-state index is 14.3. The van der Waals surface area contributed by atoms with Gasteiger partial charge in [0.15, 0.2) is 0 Å². The molecule has 0 spiro atoms. The molecule has 2 fully saturated rings. The first-order valence-electron chi connectivity index (χ1n) is 15.6. The number of nitrogens with two attached hydrogens (primary N) is 1. The van der Waals surface area contributed by atoms with Gasteiger partial charge in [-0.2, -0.15) is 0 Å². The summed E-state index contributed by atoms with van der Waals surface area (Å²) in [6.45, 7) is 11.7. The van der Waals surface area contributed by atoms with Crippen LogP contribution in [0.4, 0.5) is 4.79 Å². The average molecular weight is 643 g/mol. The fraction of sp³-hybridized carbons (Fsp3) is 0.833. The molecule has 0 aromatic heterocycles. The molecule has 1 aliphatic carbocycles. The number of hydrogen-bond donors (Lipinski definition) is 4. The molecule has 13 nitrogen and oxygen atoms in total. The Morgan fingerprint density at radius 3 is 2.09 bits per heavy atom. The Balaban J connectivity index is 2.33. The van der Waals surface area contributed by atoms with Crippen molar-refractivity contribution < 1.29 is 32.4 Å². The van der Waals surface area contributed by atoms with E-state index in [1.165, 1.54) is 16.3 Å². The molecule has 0 aromatic rings. The number of urea groups is 1. The number of Topliss-reactive ketones (excluding diaryl/α,β-unsaturated/α-hetero) is 1. The molecule has 4 unspecified atom stereocenters. The highest BCUT2D eigenvalue weighted by atomic mass is 32.2. The quantitative estimate of drug-likeness (QED) is 0.219. The molecule has 1 heterocycles. The molecule has 44 heavy (non-hydrogen) atoms. The second-order valence-corrected chi connectivity index (χ2v) is 16.4. The molecule has 0 bridgehead atoms. The van der Waals surface area contributed by atoms with Gasteiger partial charge in [-0.3, -0.25) is 19.2 Å². The van der Waals surface area contributed by atoms with Gasteiger partial charge in [0.2, 0.25) is 27.6 Å². The number of nitrogens with zero attached hydrogens (tertiary/aromatic N) is 2. The van der Waals surface area contributed by atoms with E-state index in [1.54, 1.807) is 0 Å². The third-order valence-electron chi connectivity index (χ3n) is 8.99. The molecule has 0 radical (unpaired) electrons. The zero-order valence-electron chi connectivity index (χ0n) is 27.7. The summed E-state index contributed by atoms with van der Waals surface area (Å²) in [4.78, 5) is 66.8. The summed E-state index contributed by atoms with van der Waals surface area (Å²) in [5.74, 6) is -2.94. The summed E-state index contributed by atoms with van der Waals surface area (Å²) in [6, 6.07) is -4.07. The van der Waals surface area contributed by atoms with E-state index < -0.39 is 68.6 Å². The van der Waals surface area contributed by atoms with Crippen LogP contribution < -0.4 is 21.7 Å². The summed E-state index contributed by atoms with van der Waals surface area (Å²) in [5.41, 5.74) is 4.15. The lowest BCUT2D eigenvalue weighted by Crippen LogP contribution is -2.63. The first kappa shape index (κ1) is 37.4. The van der Waals surface area contributed by atoms with Gasteiger partial charge in [-0.25, -0.2) is 17.5 Å². The van der Waals surface area contributed by atoms with E-state index in [-0.39, 0.29) is 24.8 Å². The minimum absolute atomic E-state index is 0.00240. The molecule has 2 rings (SSSR count). The van der Waals surface area contributed by atoms with Crippen LogP contribution in [0.25, 0.3) is 0 Å². The Bertz CT molecular complexity index is 1180. The summed E-state index contributed by atoms with van der Waals surface area (Å²) < 4.78 is 25.4. The average Bonchev–Trinajstić information content (AvgIpc) is 3.39. The fourth-order valence-electron chi connectivity index (χ4n) is 6.05. The highest BCUT2D eigenvalue weighted by Crippen LogP contribution is 2.40. The van der Waals surface area contributed by atoms with Crippen molar-refractivity contribution in [3.05, 3.63) is 0 Å². The van der Waals surface area contributed by atoms with Gasteiger partial charge in [-0.1, -0.05) is 60.8 Å². The molecule has 5 N–H and O–H groups in total. The summed E-state index contributed by atoms with van der Waals surface area (Å²) in [5, 5.41) is 8.49. The van der Waals surface area contributed by atoms with Gasteiger partial charge in [-0.05, 0) is 48.9 Å². The van der Waals surface area contributed by atoms with E-state index >= 15 is 0 Å². The van der Waals surface area contributed by atoms with E-state index in [1.807, 2.05) is 41.5 Å². The molecule has 1 saturated heterocycles. The Kier molecular flexibility index (Phi) is 12.8. The number of hydrogen-bond acceptors (Lipinski definition) is 7. The number of carbonyl (C=O) groups is 5. The molecular weight excluding hydrogens is 588 g/mol. The zero-order valence-corrected chi connectivity index (χ0v) is 28.5. The number of ketones is 1. The van der Waals surface area contributed by atoms with E-state index in [9.17, 15) is 32.4 Å².